The van der Waals surface area contributed by atoms with Gasteiger partial charge in [-0.05, 0) is 36.4 Å². The van der Waals surface area contributed by atoms with Gasteiger partial charge in [0.1, 0.15) is 17.3 Å². The Morgan fingerprint density at radius 2 is 1.83 bits per heavy atom. The van der Waals surface area contributed by atoms with E-state index in [9.17, 15) is 9.18 Å². The van der Waals surface area contributed by atoms with Crippen molar-refractivity contribution in [3.8, 4) is 11.3 Å². The average molecular weight is 387 g/mol. The number of rotatable bonds is 4. The second-order valence-electron chi connectivity index (χ2n) is 4.89. The van der Waals surface area contributed by atoms with Crippen molar-refractivity contribution in [2.45, 2.75) is 0 Å². The van der Waals surface area contributed by atoms with Crippen molar-refractivity contribution in [3.05, 3.63) is 82.3 Å². The van der Waals surface area contributed by atoms with Gasteiger partial charge in [-0.2, -0.15) is 5.10 Å². The van der Waals surface area contributed by atoms with Crippen molar-refractivity contribution >= 4 is 28.1 Å². The van der Waals surface area contributed by atoms with Crippen LogP contribution in [-0.4, -0.2) is 12.1 Å². The Labute approximate surface area is 146 Å². The van der Waals surface area contributed by atoms with E-state index in [2.05, 4.69) is 26.5 Å². The predicted octanol–water partition coefficient (Wildman–Crippen LogP) is 4.61. The summed E-state index contributed by atoms with van der Waals surface area (Å²) in [5.74, 6) is -0.0594. The van der Waals surface area contributed by atoms with Gasteiger partial charge in [0.25, 0.3) is 5.91 Å². The molecule has 0 spiro atoms. The zero-order valence-electron chi connectivity index (χ0n) is 12.4. The molecule has 0 fully saturated rings. The number of nitrogens with one attached hydrogen (secondary N) is 1. The van der Waals surface area contributed by atoms with Gasteiger partial charge in [-0.3, -0.25) is 4.79 Å². The van der Waals surface area contributed by atoms with E-state index in [0.717, 1.165) is 10.0 Å². The molecule has 0 unspecified atom stereocenters. The minimum Gasteiger partial charge on any atom is -0.455 e. The molecule has 0 aliphatic carbocycles. The molecular formula is C18H12BrFN2O2. The Kier molecular flexibility index (Phi) is 4.86. The Balaban J connectivity index is 1.66. The lowest BCUT2D eigenvalue weighted by atomic mass is 10.2. The number of carbonyl (C=O) groups excluding carboxylic acids is 1. The number of nitrogens with zero attached hydrogens (tertiary/aromatic N) is 1. The van der Waals surface area contributed by atoms with E-state index >= 15 is 0 Å². The van der Waals surface area contributed by atoms with Crippen molar-refractivity contribution in [2.75, 3.05) is 0 Å². The highest BCUT2D eigenvalue weighted by atomic mass is 79.9. The zero-order valence-corrected chi connectivity index (χ0v) is 14.0. The molecule has 0 bridgehead atoms. The summed E-state index contributed by atoms with van der Waals surface area (Å²) in [7, 11) is 0. The molecule has 0 saturated carbocycles. The van der Waals surface area contributed by atoms with Gasteiger partial charge in [0.05, 0.1) is 11.8 Å². The molecular weight excluding hydrogens is 375 g/mol. The van der Waals surface area contributed by atoms with Crippen LogP contribution in [0.1, 0.15) is 16.1 Å². The van der Waals surface area contributed by atoms with E-state index < -0.39 is 11.7 Å². The van der Waals surface area contributed by atoms with Gasteiger partial charge in [-0.15, -0.1) is 0 Å². The third-order valence-corrected chi connectivity index (χ3v) is 3.76. The topological polar surface area (TPSA) is 54.6 Å². The number of benzene rings is 2. The zero-order chi connectivity index (χ0) is 16.9. The molecule has 1 amide bonds. The summed E-state index contributed by atoms with van der Waals surface area (Å²) >= 11 is 3.38. The summed E-state index contributed by atoms with van der Waals surface area (Å²) in [5, 5.41) is 3.79. The molecule has 24 heavy (non-hydrogen) atoms. The number of hydrogen-bond acceptors (Lipinski definition) is 3. The van der Waals surface area contributed by atoms with Crippen LogP contribution in [0.3, 0.4) is 0 Å². The molecule has 6 heteroatoms. The molecule has 3 aromatic rings. The molecule has 1 N–H and O–H groups in total. The first-order valence-corrected chi connectivity index (χ1v) is 7.86. The summed E-state index contributed by atoms with van der Waals surface area (Å²) < 4.78 is 20.1. The summed E-state index contributed by atoms with van der Waals surface area (Å²) in [5.41, 5.74) is 3.13. The van der Waals surface area contributed by atoms with Crippen molar-refractivity contribution in [2.24, 2.45) is 5.10 Å². The Bertz CT molecular complexity index is 888. The van der Waals surface area contributed by atoms with Gasteiger partial charge < -0.3 is 4.42 Å². The predicted molar refractivity (Wildman–Crippen MR) is 93.3 cm³/mol. The van der Waals surface area contributed by atoms with Crippen LogP contribution in [0.5, 0.6) is 0 Å². The summed E-state index contributed by atoms with van der Waals surface area (Å²) in [6, 6.07) is 16.9. The Morgan fingerprint density at radius 3 is 2.58 bits per heavy atom. The van der Waals surface area contributed by atoms with Crippen LogP contribution in [0.2, 0.25) is 0 Å². The summed E-state index contributed by atoms with van der Waals surface area (Å²) in [6.07, 6.45) is 1.36. The number of amides is 1. The maximum atomic E-state index is 13.5. The van der Waals surface area contributed by atoms with Crippen LogP contribution in [0.4, 0.5) is 4.39 Å². The fourth-order valence-corrected chi connectivity index (χ4v) is 2.32. The monoisotopic (exact) mass is 386 g/mol. The quantitative estimate of drug-likeness (QED) is 0.525. The van der Waals surface area contributed by atoms with Crippen molar-refractivity contribution < 1.29 is 13.6 Å². The molecule has 0 atom stereocenters. The normalized spacial score (nSPS) is 10.9. The number of hydrogen-bond donors (Lipinski definition) is 1. The van der Waals surface area contributed by atoms with Gasteiger partial charge in [0.15, 0.2) is 0 Å². The van der Waals surface area contributed by atoms with Gasteiger partial charge >= 0.3 is 0 Å². The molecule has 1 heterocycles. The van der Waals surface area contributed by atoms with E-state index in [0.29, 0.717) is 11.5 Å². The Hall–Kier alpha value is -2.73. The minimum absolute atomic E-state index is 0.0651. The third kappa shape index (κ3) is 3.78. The van der Waals surface area contributed by atoms with Crippen molar-refractivity contribution in [1.82, 2.24) is 5.43 Å². The van der Waals surface area contributed by atoms with E-state index in [1.54, 1.807) is 12.1 Å². The highest BCUT2D eigenvalue weighted by Crippen LogP contribution is 2.23. The molecule has 3 rings (SSSR count). The van der Waals surface area contributed by atoms with Crippen LogP contribution in [0, 0.1) is 5.82 Å². The van der Waals surface area contributed by atoms with Gasteiger partial charge in [-0.25, -0.2) is 9.82 Å². The molecule has 0 aliphatic rings. The van der Waals surface area contributed by atoms with E-state index in [1.165, 1.54) is 24.4 Å². The number of carbonyl (C=O) groups is 1. The first kappa shape index (κ1) is 16.1. The molecule has 1 aromatic heterocycles. The summed E-state index contributed by atoms with van der Waals surface area (Å²) in [4.78, 5) is 11.8. The Morgan fingerprint density at radius 1 is 1.08 bits per heavy atom. The van der Waals surface area contributed by atoms with E-state index in [-0.39, 0.29) is 5.56 Å². The molecule has 4 nitrogen and oxygen atoms in total. The SMILES string of the molecule is O=C(NN=Cc1ccc(-c2ccc(Br)cc2)o1)c1ccccc1F. The molecule has 0 aliphatic heterocycles. The lowest BCUT2D eigenvalue weighted by Crippen LogP contribution is -2.18. The van der Waals surface area contributed by atoms with Crippen LogP contribution in [-0.2, 0) is 0 Å². The first-order valence-electron chi connectivity index (χ1n) is 7.07. The lowest BCUT2D eigenvalue weighted by molar-refractivity contribution is 0.0951. The van der Waals surface area contributed by atoms with Gasteiger partial charge in [0, 0.05) is 10.0 Å². The standard InChI is InChI=1S/C18H12BrFN2O2/c19-13-7-5-12(6-8-13)17-10-9-14(24-17)11-21-22-18(23)15-3-1-2-4-16(15)20/h1-11H,(H,22,23). The molecule has 120 valence electrons. The van der Waals surface area contributed by atoms with Gasteiger partial charge in [-0.1, -0.05) is 40.2 Å². The fraction of sp³-hybridized carbons (Fsp3) is 0. The minimum atomic E-state index is -0.621. The maximum Gasteiger partial charge on any atom is 0.274 e. The summed E-state index contributed by atoms with van der Waals surface area (Å²) in [6.45, 7) is 0. The van der Waals surface area contributed by atoms with E-state index in [1.807, 2.05) is 30.3 Å². The van der Waals surface area contributed by atoms with Crippen LogP contribution < -0.4 is 5.43 Å². The van der Waals surface area contributed by atoms with Crippen LogP contribution in [0.25, 0.3) is 11.3 Å². The van der Waals surface area contributed by atoms with Crippen molar-refractivity contribution in [1.29, 1.82) is 0 Å². The molecule has 2 aromatic carbocycles. The van der Waals surface area contributed by atoms with Gasteiger partial charge in [0.2, 0.25) is 0 Å². The maximum absolute atomic E-state index is 13.5. The highest BCUT2D eigenvalue weighted by Gasteiger charge is 2.09. The average Bonchev–Trinajstić information content (AvgIpc) is 3.04. The lowest BCUT2D eigenvalue weighted by Gasteiger charge is -2.00. The molecule has 0 saturated heterocycles. The second-order valence-corrected chi connectivity index (χ2v) is 5.80. The van der Waals surface area contributed by atoms with Crippen LogP contribution >= 0.6 is 15.9 Å². The first-order chi connectivity index (χ1) is 11.6. The van der Waals surface area contributed by atoms with Crippen molar-refractivity contribution in [3.63, 3.8) is 0 Å². The highest BCUT2D eigenvalue weighted by molar-refractivity contribution is 9.10. The number of halogens is 2. The number of hydrazone groups is 1. The van der Waals surface area contributed by atoms with Crippen LogP contribution in [0.15, 0.2) is 74.7 Å². The second kappa shape index (κ2) is 7.23. The number of furan rings is 1. The van der Waals surface area contributed by atoms with E-state index in [4.69, 9.17) is 4.42 Å². The largest absolute Gasteiger partial charge is 0.455 e. The smallest absolute Gasteiger partial charge is 0.274 e. The molecule has 0 radical (unpaired) electrons. The fourth-order valence-electron chi connectivity index (χ4n) is 2.05. The third-order valence-electron chi connectivity index (χ3n) is 3.23.